The van der Waals surface area contributed by atoms with Gasteiger partial charge in [0.25, 0.3) is 5.91 Å². The molecule has 138 valence electrons. The van der Waals surface area contributed by atoms with Crippen LogP contribution >= 0.6 is 11.6 Å². The largest absolute Gasteiger partial charge is 0.352 e. The van der Waals surface area contributed by atoms with Crippen LogP contribution in [-0.2, 0) is 12.5 Å². The van der Waals surface area contributed by atoms with E-state index in [9.17, 15) is 4.79 Å². The molecule has 0 spiro atoms. The number of H-pyrrole nitrogens is 1. The highest BCUT2D eigenvalue weighted by Gasteiger charge is 2.22. The number of nitrogens with one attached hydrogen (secondary N) is 2. The van der Waals surface area contributed by atoms with E-state index in [1.807, 2.05) is 18.2 Å². The first-order chi connectivity index (χ1) is 12.7. The average Bonchev–Trinajstić information content (AvgIpc) is 3.16. The van der Waals surface area contributed by atoms with Gasteiger partial charge in [0.05, 0.1) is 28.6 Å². The molecule has 3 aromatic heterocycles. The molecule has 1 amide bonds. The monoisotopic (exact) mass is 381 g/mol. The Labute approximate surface area is 161 Å². The Balaban J connectivity index is 1.78. The smallest absolute Gasteiger partial charge is 0.273 e. The van der Waals surface area contributed by atoms with E-state index in [1.165, 1.54) is 0 Å². The number of nitrogens with zero attached hydrogens (tertiary/aromatic N) is 3. The van der Waals surface area contributed by atoms with Gasteiger partial charge in [0, 0.05) is 34.5 Å². The second-order valence-corrected chi connectivity index (χ2v) is 8.10. The van der Waals surface area contributed by atoms with Gasteiger partial charge in [-0.2, -0.15) is 5.10 Å². The number of benzene rings is 1. The van der Waals surface area contributed by atoms with Crippen molar-refractivity contribution in [3.8, 4) is 0 Å². The van der Waals surface area contributed by atoms with Crippen LogP contribution in [-0.4, -0.2) is 25.7 Å². The zero-order chi connectivity index (χ0) is 19.3. The molecule has 2 N–H and O–H groups in total. The number of aromatic amines is 1. The number of carbonyl (C=O) groups is 1. The second kappa shape index (κ2) is 6.09. The van der Waals surface area contributed by atoms with Gasteiger partial charge in [-0.25, -0.2) is 0 Å². The number of hydrogen-bond donors (Lipinski definition) is 2. The molecule has 0 saturated heterocycles. The van der Waals surface area contributed by atoms with E-state index in [2.05, 4.69) is 41.2 Å². The minimum Gasteiger partial charge on any atom is -0.352 e. The fourth-order valence-corrected chi connectivity index (χ4v) is 3.37. The molecule has 0 atom stereocenters. The summed E-state index contributed by atoms with van der Waals surface area (Å²) in [4.78, 5) is 20.4. The van der Waals surface area contributed by atoms with Gasteiger partial charge < -0.3 is 10.3 Å². The summed E-state index contributed by atoms with van der Waals surface area (Å²) in [7, 11) is 1.77. The Hall–Kier alpha value is -2.86. The van der Waals surface area contributed by atoms with Crippen molar-refractivity contribution in [2.24, 2.45) is 7.05 Å². The summed E-state index contributed by atoms with van der Waals surface area (Å²) in [6.07, 6.45) is 3.49. The van der Waals surface area contributed by atoms with Gasteiger partial charge in [-0.05, 0) is 24.3 Å². The van der Waals surface area contributed by atoms with Crippen molar-refractivity contribution in [1.29, 1.82) is 0 Å². The number of aryl methyl sites for hydroxylation is 1. The van der Waals surface area contributed by atoms with Crippen molar-refractivity contribution in [3.63, 3.8) is 0 Å². The zero-order valence-electron chi connectivity index (χ0n) is 15.6. The van der Waals surface area contributed by atoms with Gasteiger partial charge in [-0.15, -0.1) is 0 Å². The highest BCUT2D eigenvalue weighted by molar-refractivity contribution is 6.33. The van der Waals surface area contributed by atoms with Crippen LogP contribution < -0.4 is 5.32 Å². The third-order valence-corrected chi connectivity index (χ3v) is 4.82. The molecule has 3 heterocycles. The van der Waals surface area contributed by atoms with E-state index >= 15 is 0 Å². The van der Waals surface area contributed by atoms with Gasteiger partial charge in [-0.3, -0.25) is 14.5 Å². The molecule has 0 aliphatic carbocycles. The van der Waals surface area contributed by atoms with Crippen LogP contribution in [0.2, 0.25) is 5.02 Å². The van der Waals surface area contributed by atoms with Crippen molar-refractivity contribution in [2.45, 2.75) is 26.2 Å². The number of aromatic nitrogens is 4. The lowest BCUT2D eigenvalue weighted by atomic mass is 9.92. The first-order valence-electron chi connectivity index (χ1n) is 8.65. The molecule has 27 heavy (non-hydrogen) atoms. The summed E-state index contributed by atoms with van der Waals surface area (Å²) in [5, 5.41) is 9.95. The fraction of sp³-hybridized carbons (Fsp3) is 0.250. The summed E-state index contributed by atoms with van der Waals surface area (Å²) in [5.74, 6) is -0.235. The lowest BCUT2D eigenvalue weighted by Gasteiger charge is -2.13. The summed E-state index contributed by atoms with van der Waals surface area (Å²) >= 11 is 6.31. The van der Waals surface area contributed by atoms with E-state index in [0.717, 1.165) is 27.5 Å². The molecule has 0 fully saturated rings. The van der Waals surface area contributed by atoms with E-state index < -0.39 is 0 Å². The molecule has 1 aromatic carbocycles. The number of hydrogen-bond acceptors (Lipinski definition) is 3. The third-order valence-electron chi connectivity index (χ3n) is 4.60. The zero-order valence-corrected chi connectivity index (χ0v) is 16.3. The Morgan fingerprint density at radius 1 is 1.22 bits per heavy atom. The molecular formula is C20H20ClN5O. The first-order valence-corrected chi connectivity index (χ1v) is 9.02. The Morgan fingerprint density at radius 3 is 2.70 bits per heavy atom. The first kappa shape index (κ1) is 17.5. The predicted octanol–water partition coefficient (Wildman–Crippen LogP) is 4.65. The summed E-state index contributed by atoms with van der Waals surface area (Å²) in [5.41, 5.74) is 3.55. The molecular weight excluding hydrogens is 362 g/mol. The SMILES string of the molecule is Cn1nc(C(C)(C)C)cc1C(=O)Nc1cc(Cl)cc2c1[nH]c1cnccc12. The number of halogens is 1. The van der Waals surface area contributed by atoms with Gasteiger partial charge in [0.2, 0.25) is 0 Å². The van der Waals surface area contributed by atoms with Gasteiger partial charge in [-0.1, -0.05) is 32.4 Å². The Kier molecular flexibility index (Phi) is 3.96. The molecule has 4 aromatic rings. The molecule has 0 aliphatic rings. The third kappa shape index (κ3) is 3.06. The number of pyridine rings is 1. The summed E-state index contributed by atoms with van der Waals surface area (Å²) in [6, 6.07) is 7.37. The number of amides is 1. The van der Waals surface area contributed by atoms with Gasteiger partial charge >= 0.3 is 0 Å². The van der Waals surface area contributed by atoms with Crippen molar-refractivity contribution in [2.75, 3.05) is 5.32 Å². The topological polar surface area (TPSA) is 75.6 Å². The van der Waals surface area contributed by atoms with Crippen LogP contribution in [0.5, 0.6) is 0 Å². The number of rotatable bonds is 2. The van der Waals surface area contributed by atoms with Crippen LogP contribution in [0.25, 0.3) is 21.8 Å². The van der Waals surface area contributed by atoms with Crippen LogP contribution in [0, 0.1) is 0 Å². The van der Waals surface area contributed by atoms with E-state index in [1.54, 1.807) is 30.2 Å². The van der Waals surface area contributed by atoms with E-state index in [0.29, 0.717) is 16.4 Å². The van der Waals surface area contributed by atoms with E-state index in [-0.39, 0.29) is 11.3 Å². The van der Waals surface area contributed by atoms with Crippen molar-refractivity contribution in [1.82, 2.24) is 19.7 Å². The molecule has 0 saturated carbocycles. The molecule has 4 rings (SSSR count). The standard InChI is InChI=1S/C20H20ClN5O/c1-20(2,3)17-9-16(26(4)25-17)19(27)24-14-8-11(21)7-13-12-5-6-22-10-15(12)23-18(13)14/h5-10,23H,1-4H3,(H,24,27). The normalized spacial score (nSPS) is 12.0. The molecule has 6 nitrogen and oxygen atoms in total. The minimum absolute atomic E-state index is 0.135. The maximum atomic E-state index is 12.9. The van der Waals surface area contributed by atoms with Crippen LogP contribution in [0.3, 0.4) is 0 Å². The number of anilines is 1. The second-order valence-electron chi connectivity index (χ2n) is 7.66. The molecule has 0 bridgehead atoms. The van der Waals surface area contributed by atoms with Crippen LogP contribution in [0.1, 0.15) is 37.0 Å². The number of fused-ring (bicyclic) bond motifs is 3. The fourth-order valence-electron chi connectivity index (χ4n) is 3.15. The lowest BCUT2D eigenvalue weighted by Crippen LogP contribution is -2.16. The maximum absolute atomic E-state index is 12.9. The highest BCUT2D eigenvalue weighted by Crippen LogP contribution is 2.33. The highest BCUT2D eigenvalue weighted by atomic mass is 35.5. The average molecular weight is 382 g/mol. The Morgan fingerprint density at radius 2 is 2.00 bits per heavy atom. The number of carbonyl (C=O) groups excluding carboxylic acids is 1. The molecule has 0 unspecified atom stereocenters. The Bertz CT molecular complexity index is 1180. The van der Waals surface area contributed by atoms with Crippen LogP contribution in [0.15, 0.2) is 36.7 Å². The summed E-state index contributed by atoms with van der Waals surface area (Å²) < 4.78 is 1.60. The van der Waals surface area contributed by atoms with Crippen LogP contribution in [0.4, 0.5) is 5.69 Å². The van der Waals surface area contributed by atoms with Crippen molar-refractivity contribution in [3.05, 3.63) is 53.1 Å². The molecule has 0 aliphatic heterocycles. The predicted molar refractivity (Wildman–Crippen MR) is 108 cm³/mol. The minimum atomic E-state index is -0.235. The van der Waals surface area contributed by atoms with Crippen molar-refractivity contribution < 1.29 is 4.79 Å². The van der Waals surface area contributed by atoms with Gasteiger partial charge in [0.1, 0.15) is 5.69 Å². The molecule has 7 heteroatoms. The molecule has 0 radical (unpaired) electrons. The van der Waals surface area contributed by atoms with Crippen molar-refractivity contribution >= 4 is 45.0 Å². The quantitative estimate of drug-likeness (QED) is 0.530. The lowest BCUT2D eigenvalue weighted by molar-refractivity contribution is 0.101. The van der Waals surface area contributed by atoms with Gasteiger partial charge in [0.15, 0.2) is 0 Å². The maximum Gasteiger partial charge on any atom is 0.273 e. The summed E-state index contributed by atoms with van der Waals surface area (Å²) in [6.45, 7) is 6.20. The van der Waals surface area contributed by atoms with E-state index in [4.69, 9.17) is 11.6 Å².